The lowest BCUT2D eigenvalue weighted by Crippen LogP contribution is -2.17. The SMILES string of the molecule is C=C(C)C(=O)OC(O)CCC.C=C(C)C(=O)OCCCCOC(=O)C(=C)C. The molecule has 0 aromatic heterocycles. The molecule has 0 aromatic rings. The van der Waals surface area contributed by atoms with Gasteiger partial charge in [-0.2, -0.15) is 0 Å². The van der Waals surface area contributed by atoms with E-state index in [-0.39, 0.29) is 11.9 Å². The molecule has 1 atom stereocenters. The smallest absolute Gasteiger partial charge is 0.335 e. The molecule has 1 unspecified atom stereocenters. The number of unbranched alkanes of at least 4 members (excludes halogenated alkanes) is 1. The Balaban J connectivity index is 0. The molecule has 0 aliphatic carbocycles. The van der Waals surface area contributed by atoms with Gasteiger partial charge in [0.15, 0.2) is 0 Å². The number of hydrogen-bond acceptors (Lipinski definition) is 7. The van der Waals surface area contributed by atoms with Crippen LogP contribution in [0.1, 0.15) is 53.4 Å². The van der Waals surface area contributed by atoms with Crippen molar-refractivity contribution in [1.29, 1.82) is 0 Å². The van der Waals surface area contributed by atoms with Crippen LogP contribution in [0.3, 0.4) is 0 Å². The highest BCUT2D eigenvalue weighted by molar-refractivity contribution is 5.87. The van der Waals surface area contributed by atoms with E-state index >= 15 is 0 Å². The minimum Gasteiger partial charge on any atom is -0.462 e. The van der Waals surface area contributed by atoms with Crippen molar-refractivity contribution in [3.63, 3.8) is 0 Å². The fourth-order valence-electron chi connectivity index (χ4n) is 1.31. The van der Waals surface area contributed by atoms with Crippen LogP contribution in [0.25, 0.3) is 0 Å². The number of carbonyl (C=O) groups excluding carboxylic acids is 3. The number of carbonyl (C=O) groups is 3. The van der Waals surface area contributed by atoms with Crippen molar-refractivity contribution in [1.82, 2.24) is 0 Å². The van der Waals surface area contributed by atoms with Gasteiger partial charge in [0.1, 0.15) is 0 Å². The van der Waals surface area contributed by atoms with Gasteiger partial charge in [0, 0.05) is 23.1 Å². The van der Waals surface area contributed by atoms with Crippen molar-refractivity contribution in [2.75, 3.05) is 13.2 Å². The Morgan fingerprint density at radius 3 is 1.48 bits per heavy atom. The third-order valence-corrected chi connectivity index (χ3v) is 2.83. The van der Waals surface area contributed by atoms with Crippen molar-refractivity contribution in [3.8, 4) is 0 Å². The summed E-state index contributed by atoms with van der Waals surface area (Å²) in [7, 11) is 0. The van der Waals surface area contributed by atoms with Gasteiger partial charge in [-0.05, 0) is 33.6 Å². The van der Waals surface area contributed by atoms with E-state index in [4.69, 9.17) is 14.6 Å². The normalized spacial score (nSPS) is 10.6. The Hall–Kier alpha value is -2.41. The molecule has 0 fully saturated rings. The molecule has 7 nitrogen and oxygen atoms in total. The third kappa shape index (κ3) is 16.8. The number of aliphatic hydroxyl groups is 1. The van der Waals surface area contributed by atoms with Crippen LogP contribution in [-0.2, 0) is 28.6 Å². The quantitative estimate of drug-likeness (QED) is 0.192. The van der Waals surface area contributed by atoms with Crippen LogP contribution in [0.5, 0.6) is 0 Å². The minimum atomic E-state index is -0.982. The van der Waals surface area contributed by atoms with Gasteiger partial charge in [-0.3, -0.25) is 0 Å². The van der Waals surface area contributed by atoms with Crippen LogP contribution in [0.4, 0.5) is 0 Å². The molecule has 0 heterocycles. The summed E-state index contributed by atoms with van der Waals surface area (Å²) in [5.41, 5.74) is 1.07. The summed E-state index contributed by atoms with van der Waals surface area (Å²) in [6.07, 6.45) is 1.58. The summed E-state index contributed by atoms with van der Waals surface area (Å²) in [6.45, 7) is 17.6. The standard InChI is InChI=1S/C12H18O4.C8H14O3/c1-9(2)11(13)15-7-5-6-8-16-12(14)10(3)4;1-4-5-7(9)11-8(10)6(2)3/h1,3,5-8H2,2,4H3;7,9H,2,4-5H2,1,3H3. The Morgan fingerprint density at radius 1 is 0.815 bits per heavy atom. The van der Waals surface area contributed by atoms with E-state index in [1.165, 1.54) is 0 Å². The molecule has 154 valence electrons. The van der Waals surface area contributed by atoms with Gasteiger partial charge in [-0.1, -0.05) is 33.1 Å². The fraction of sp³-hybridized carbons (Fsp3) is 0.550. The maximum atomic E-state index is 11.0. The molecule has 0 bridgehead atoms. The monoisotopic (exact) mass is 384 g/mol. The lowest BCUT2D eigenvalue weighted by atomic mass is 10.3. The first-order valence-electron chi connectivity index (χ1n) is 8.72. The number of esters is 3. The van der Waals surface area contributed by atoms with Crippen LogP contribution in [0.15, 0.2) is 36.5 Å². The van der Waals surface area contributed by atoms with Crippen molar-refractivity contribution in [3.05, 3.63) is 36.5 Å². The van der Waals surface area contributed by atoms with Gasteiger partial charge in [-0.25, -0.2) is 14.4 Å². The Kier molecular flexibility index (Phi) is 15.7. The average Bonchev–Trinajstić information content (AvgIpc) is 2.57. The number of rotatable bonds is 11. The largest absolute Gasteiger partial charge is 0.462 e. The molecule has 0 spiro atoms. The zero-order valence-corrected chi connectivity index (χ0v) is 16.8. The van der Waals surface area contributed by atoms with Gasteiger partial charge >= 0.3 is 17.9 Å². The third-order valence-electron chi connectivity index (χ3n) is 2.83. The van der Waals surface area contributed by atoms with Crippen LogP contribution < -0.4 is 0 Å². The lowest BCUT2D eigenvalue weighted by molar-refractivity contribution is -0.163. The summed E-state index contributed by atoms with van der Waals surface area (Å²) in [4.78, 5) is 32.7. The number of ether oxygens (including phenoxy) is 3. The zero-order valence-electron chi connectivity index (χ0n) is 16.8. The predicted molar refractivity (Wildman–Crippen MR) is 103 cm³/mol. The molecule has 0 aliphatic heterocycles. The second kappa shape index (κ2) is 15.8. The second-order valence-electron chi connectivity index (χ2n) is 5.97. The molecule has 0 aromatic carbocycles. The summed E-state index contributed by atoms with van der Waals surface area (Å²) >= 11 is 0. The summed E-state index contributed by atoms with van der Waals surface area (Å²) in [5.74, 6) is -1.32. The number of aliphatic hydroxyl groups excluding tert-OH is 1. The fourth-order valence-corrected chi connectivity index (χ4v) is 1.31. The Bertz CT molecular complexity index is 504. The molecule has 7 heteroatoms. The second-order valence-corrected chi connectivity index (χ2v) is 5.97. The highest BCUT2D eigenvalue weighted by Crippen LogP contribution is 2.01. The van der Waals surface area contributed by atoms with Crippen LogP contribution >= 0.6 is 0 Å². The van der Waals surface area contributed by atoms with Gasteiger partial charge in [0.2, 0.25) is 6.29 Å². The molecular weight excluding hydrogens is 352 g/mol. The molecule has 0 rings (SSSR count). The summed E-state index contributed by atoms with van der Waals surface area (Å²) in [6, 6.07) is 0. The average molecular weight is 384 g/mol. The molecule has 0 aliphatic rings. The van der Waals surface area contributed by atoms with Gasteiger partial charge in [0.05, 0.1) is 13.2 Å². The van der Waals surface area contributed by atoms with E-state index in [0.29, 0.717) is 49.2 Å². The maximum absolute atomic E-state index is 11.0. The molecule has 0 saturated carbocycles. The summed E-state index contributed by atoms with van der Waals surface area (Å²) in [5, 5.41) is 8.98. The van der Waals surface area contributed by atoms with Crippen molar-refractivity contribution >= 4 is 17.9 Å². The van der Waals surface area contributed by atoms with Gasteiger partial charge in [0.25, 0.3) is 0 Å². The first-order chi connectivity index (χ1) is 12.5. The van der Waals surface area contributed by atoms with Crippen molar-refractivity contribution < 1.29 is 33.7 Å². The zero-order chi connectivity index (χ0) is 21.4. The van der Waals surface area contributed by atoms with Crippen molar-refractivity contribution in [2.45, 2.75) is 59.7 Å². The topological polar surface area (TPSA) is 99.1 Å². The maximum Gasteiger partial charge on any atom is 0.335 e. The van der Waals surface area contributed by atoms with Crippen LogP contribution in [0.2, 0.25) is 0 Å². The van der Waals surface area contributed by atoms with E-state index in [1.807, 2.05) is 6.92 Å². The molecule has 0 amide bonds. The van der Waals surface area contributed by atoms with E-state index in [1.54, 1.807) is 20.8 Å². The number of hydrogen-bond donors (Lipinski definition) is 1. The summed E-state index contributed by atoms with van der Waals surface area (Å²) < 4.78 is 14.3. The first kappa shape index (κ1) is 26.8. The van der Waals surface area contributed by atoms with E-state index < -0.39 is 12.3 Å². The van der Waals surface area contributed by atoms with Gasteiger partial charge < -0.3 is 19.3 Å². The highest BCUT2D eigenvalue weighted by Gasteiger charge is 2.09. The minimum absolute atomic E-state index is 0.306. The first-order valence-corrected chi connectivity index (χ1v) is 8.72. The molecule has 27 heavy (non-hydrogen) atoms. The highest BCUT2D eigenvalue weighted by atomic mass is 16.6. The lowest BCUT2D eigenvalue weighted by Gasteiger charge is -2.09. The van der Waals surface area contributed by atoms with Crippen molar-refractivity contribution in [2.24, 2.45) is 0 Å². The van der Waals surface area contributed by atoms with E-state index in [2.05, 4.69) is 24.5 Å². The Morgan fingerprint density at radius 2 is 1.19 bits per heavy atom. The predicted octanol–water partition coefficient (Wildman–Crippen LogP) is 3.23. The molecule has 0 saturated heterocycles. The Labute approximate surface area is 161 Å². The van der Waals surface area contributed by atoms with Gasteiger partial charge in [-0.15, -0.1) is 0 Å². The molecule has 1 N–H and O–H groups in total. The molecule has 0 radical (unpaired) electrons. The molecular formula is C20H32O7. The van der Waals surface area contributed by atoms with E-state index in [0.717, 1.165) is 6.42 Å². The van der Waals surface area contributed by atoms with Crippen LogP contribution in [-0.4, -0.2) is 42.5 Å². The van der Waals surface area contributed by atoms with Crippen LogP contribution in [0, 0.1) is 0 Å². The van der Waals surface area contributed by atoms with E-state index in [9.17, 15) is 14.4 Å².